The molecular formula is C19H13BrFNO3S. The van der Waals surface area contributed by atoms with E-state index in [4.69, 9.17) is 4.42 Å². The molecule has 132 valence electrons. The van der Waals surface area contributed by atoms with Crippen LogP contribution >= 0.6 is 27.7 Å². The number of rotatable bonds is 2. The van der Waals surface area contributed by atoms with E-state index in [0.29, 0.717) is 22.0 Å². The van der Waals surface area contributed by atoms with Gasteiger partial charge in [-0.3, -0.25) is 9.59 Å². The second kappa shape index (κ2) is 6.89. The standard InChI is InChI=1S/C19H13BrFNO3S/c20-13-9-11(5-6-14(13)21)19-22(7-8-26-19)18(24)17-10-15(23)12-3-1-2-4-16(12)25-17/h1-6,9-10,19H,7-8H2. The number of hydrogen-bond donors (Lipinski definition) is 0. The Kier molecular flexibility index (Phi) is 4.58. The van der Waals surface area contributed by atoms with E-state index in [9.17, 15) is 14.0 Å². The smallest absolute Gasteiger partial charge is 0.290 e. The summed E-state index contributed by atoms with van der Waals surface area (Å²) in [5.41, 5.74) is 0.955. The summed E-state index contributed by atoms with van der Waals surface area (Å²) in [5.74, 6) is 0.0734. The van der Waals surface area contributed by atoms with Gasteiger partial charge in [0.1, 0.15) is 16.8 Å². The third kappa shape index (κ3) is 3.05. The Morgan fingerprint density at radius 3 is 2.85 bits per heavy atom. The largest absolute Gasteiger partial charge is 0.451 e. The van der Waals surface area contributed by atoms with Crippen LogP contribution in [-0.2, 0) is 0 Å². The summed E-state index contributed by atoms with van der Waals surface area (Å²) in [6, 6.07) is 12.8. The summed E-state index contributed by atoms with van der Waals surface area (Å²) < 4.78 is 19.5. The lowest BCUT2D eigenvalue weighted by Gasteiger charge is -2.23. The SMILES string of the molecule is O=C(c1cc(=O)c2ccccc2o1)N1CCSC1c1ccc(F)c(Br)c1. The summed E-state index contributed by atoms with van der Waals surface area (Å²) in [4.78, 5) is 26.9. The Labute approximate surface area is 161 Å². The molecule has 26 heavy (non-hydrogen) atoms. The maximum atomic E-state index is 13.5. The van der Waals surface area contributed by atoms with Crippen LogP contribution in [0.1, 0.15) is 21.5 Å². The molecule has 4 nitrogen and oxygen atoms in total. The fraction of sp³-hybridized carbons (Fsp3) is 0.158. The lowest BCUT2D eigenvalue weighted by molar-refractivity contribution is 0.0729. The molecule has 2 aromatic carbocycles. The molecule has 1 amide bonds. The Bertz CT molecular complexity index is 1070. The van der Waals surface area contributed by atoms with Crippen LogP contribution < -0.4 is 5.43 Å². The maximum absolute atomic E-state index is 13.5. The molecule has 4 rings (SSSR count). The van der Waals surface area contributed by atoms with Crippen molar-refractivity contribution in [3.63, 3.8) is 0 Å². The minimum absolute atomic E-state index is 0.0161. The highest BCUT2D eigenvalue weighted by Gasteiger charge is 2.33. The number of benzene rings is 2. The van der Waals surface area contributed by atoms with Crippen LogP contribution in [-0.4, -0.2) is 23.1 Å². The zero-order valence-corrected chi connectivity index (χ0v) is 15.8. The van der Waals surface area contributed by atoms with Crippen LogP contribution in [0.3, 0.4) is 0 Å². The molecule has 1 aromatic heterocycles. The Hall–Kier alpha value is -2.12. The number of halogens is 2. The predicted octanol–water partition coefficient (Wildman–Crippen LogP) is 4.58. The van der Waals surface area contributed by atoms with Gasteiger partial charge in [0, 0.05) is 18.4 Å². The Balaban J connectivity index is 1.71. The van der Waals surface area contributed by atoms with E-state index in [-0.39, 0.29) is 28.3 Å². The third-order valence-corrected chi connectivity index (χ3v) is 6.09. The predicted molar refractivity (Wildman–Crippen MR) is 103 cm³/mol. The molecule has 0 bridgehead atoms. The molecule has 0 spiro atoms. The lowest BCUT2D eigenvalue weighted by atomic mass is 10.2. The highest BCUT2D eigenvalue weighted by molar-refractivity contribution is 9.10. The van der Waals surface area contributed by atoms with Crippen molar-refractivity contribution in [2.24, 2.45) is 0 Å². The van der Waals surface area contributed by atoms with Crippen molar-refractivity contribution in [1.82, 2.24) is 4.90 Å². The molecule has 1 aliphatic rings. The van der Waals surface area contributed by atoms with Crippen molar-refractivity contribution < 1.29 is 13.6 Å². The number of hydrogen-bond acceptors (Lipinski definition) is 4. The Morgan fingerprint density at radius 1 is 1.23 bits per heavy atom. The van der Waals surface area contributed by atoms with Gasteiger partial charge in [-0.25, -0.2) is 4.39 Å². The minimum Gasteiger partial charge on any atom is -0.451 e. The molecule has 1 aliphatic heterocycles. The number of para-hydroxylation sites is 1. The molecule has 1 saturated heterocycles. The van der Waals surface area contributed by atoms with Gasteiger partial charge in [0.25, 0.3) is 5.91 Å². The van der Waals surface area contributed by atoms with Gasteiger partial charge >= 0.3 is 0 Å². The van der Waals surface area contributed by atoms with Gasteiger partial charge in [-0.05, 0) is 45.8 Å². The van der Waals surface area contributed by atoms with E-state index in [1.54, 1.807) is 53.1 Å². The number of thioether (sulfide) groups is 1. The summed E-state index contributed by atoms with van der Waals surface area (Å²) >= 11 is 4.78. The van der Waals surface area contributed by atoms with Gasteiger partial charge in [0.15, 0.2) is 11.2 Å². The van der Waals surface area contributed by atoms with Crippen LogP contribution in [0.2, 0.25) is 0 Å². The molecule has 0 aliphatic carbocycles. The molecule has 2 heterocycles. The molecule has 3 aromatic rings. The first kappa shape index (κ1) is 17.3. The summed E-state index contributed by atoms with van der Waals surface area (Å²) in [5, 5.41) is 0.190. The van der Waals surface area contributed by atoms with E-state index in [1.165, 1.54) is 12.1 Å². The fourth-order valence-electron chi connectivity index (χ4n) is 2.97. The molecule has 0 radical (unpaired) electrons. The first-order valence-electron chi connectivity index (χ1n) is 7.95. The van der Waals surface area contributed by atoms with Crippen molar-refractivity contribution in [2.75, 3.05) is 12.3 Å². The number of carbonyl (C=O) groups is 1. The normalized spacial score (nSPS) is 17.0. The fourth-order valence-corrected chi connectivity index (χ4v) is 4.61. The number of fused-ring (bicyclic) bond motifs is 1. The van der Waals surface area contributed by atoms with E-state index in [1.807, 2.05) is 0 Å². The van der Waals surface area contributed by atoms with E-state index >= 15 is 0 Å². The molecule has 1 fully saturated rings. The highest BCUT2D eigenvalue weighted by Crippen LogP contribution is 2.39. The van der Waals surface area contributed by atoms with Crippen molar-refractivity contribution in [1.29, 1.82) is 0 Å². The summed E-state index contributed by atoms with van der Waals surface area (Å²) in [6.07, 6.45) is 0. The van der Waals surface area contributed by atoms with Gasteiger partial charge in [-0.1, -0.05) is 18.2 Å². The quantitative estimate of drug-likeness (QED) is 0.593. The summed E-state index contributed by atoms with van der Waals surface area (Å²) in [7, 11) is 0. The maximum Gasteiger partial charge on any atom is 0.290 e. The second-order valence-corrected chi connectivity index (χ2v) is 7.91. The molecule has 1 atom stereocenters. The monoisotopic (exact) mass is 433 g/mol. The van der Waals surface area contributed by atoms with Crippen molar-refractivity contribution in [3.05, 3.63) is 80.4 Å². The van der Waals surface area contributed by atoms with Crippen LogP contribution in [0.5, 0.6) is 0 Å². The van der Waals surface area contributed by atoms with Crippen LogP contribution in [0.25, 0.3) is 11.0 Å². The highest BCUT2D eigenvalue weighted by atomic mass is 79.9. The molecule has 0 saturated carbocycles. The number of amides is 1. The van der Waals surface area contributed by atoms with Crippen molar-refractivity contribution >= 4 is 44.6 Å². The van der Waals surface area contributed by atoms with E-state index in [2.05, 4.69) is 15.9 Å². The van der Waals surface area contributed by atoms with E-state index < -0.39 is 0 Å². The summed E-state index contributed by atoms with van der Waals surface area (Å²) in [6.45, 7) is 0.527. The number of carbonyl (C=O) groups excluding carboxylic acids is 1. The first-order chi connectivity index (χ1) is 12.5. The molecule has 1 unspecified atom stereocenters. The van der Waals surface area contributed by atoms with Crippen LogP contribution in [0, 0.1) is 5.82 Å². The van der Waals surface area contributed by atoms with Crippen LogP contribution in [0.15, 0.2) is 62.2 Å². The average molecular weight is 434 g/mol. The molecule has 7 heteroatoms. The van der Waals surface area contributed by atoms with Crippen molar-refractivity contribution in [3.8, 4) is 0 Å². The van der Waals surface area contributed by atoms with Gasteiger partial charge < -0.3 is 9.32 Å². The first-order valence-corrected chi connectivity index (χ1v) is 9.79. The second-order valence-electron chi connectivity index (χ2n) is 5.87. The number of nitrogens with zero attached hydrogens (tertiary/aromatic N) is 1. The van der Waals surface area contributed by atoms with Gasteiger partial charge in [0.2, 0.25) is 0 Å². The average Bonchev–Trinajstić information content (AvgIpc) is 3.13. The Morgan fingerprint density at radius 2 is 2.04 bits per heavy atom. The van der Waals surface area contributed by atoms with E-state index in [0.717, 1.165) is 11.3 Å². The van der Waals surface area contributed by atoms with Gasteiger partial charge in [-0.15, -0.1) is 11.8 Å². The zero-order chi connectivity index (χ0) is 18.3. The zero-order valence-electron chi connectivity index (χ0n) is 13.4. The lowest BCUT2D eigenvalue weighted by Crippen LogP contribution is -2.31. The third-order valence-electron chi connectivity index (χ3n) is 4.23. The topological polar surface area (TPSA) is 50.5 Å². The van der Waals surface area contributed by atoms with Crippen LogP contribution in [0.4, 0.5) is 4.39 Å². The van der Waals surface area contributed by atoms with Crippen molar-refractivity contribution in [2.45, 2.75) is 5.37 Å². The van der Waals surface area contributed by atoms with Gasteiger partial charge in [0.05, 0.1) is 9.86 Å². The van der Waals surface area contributed by atoms with Gasteiger partial charge in [-0.2, -0.15) is 0 Å². The molecular weight excluding hydrogens is 421 g/mol. The minimum atomic E-state index is -0.352. The molecule has 0 N–H and O–H groups in total.